The normalized spacial score (nSPS) is 17.2. The highest BCUT2D eigenvalue weighted by Crippen LogP contribution is 2.46. The van der Waals surface area contributed by atoms with E-state index in [4.69, 9.17) is 0 Å². The van der Waals surface area contributed by atoms with E-state index in [1.165, 1.54) is 5.57 Å². The van der Waals surface area contributed by atoms with Crippen LogP contribution >= 0.6 is 0 Å². The Labute approximate surface area is 173 Å². The highest BCUT2D eigenvalue weighted by Gasteiger charge is 2.31. The molecule has 4 nitrogen and oxygen atoms in total. The van der Waals surface area contributed by atoms with Crippen molar-refractivity contribution in [2.45, 2.75) is 74.5 Å². The summed E-state index contributed by atoms with van der Waals surface area (Å²) in [6.07, 6.45) is 8.01. The Kier molecular flexibility index (Phi) is 6.68. The van der Waals surface area contributed by atoms with Crippen LogP contribution in [0.1, 0.15) is 69.4 Å². The molecule has 5 heteroatoms. The average Bonchev–Trinajstić information content (AvgIpc) is 2.68. The number of allylic oxidation sites excluding steroid dienone is 2. The SMILES string of the molecule is CCCCCc1cc(O)c(C2C=C(C)CCC2)c(O)c1S(=O)(=O)c1ccccc1. The summed E-state index contributed by atoms with van der Waals surface area (Å²) < 4.78 is 26.9. The van der Waals surface area contributed by atoms with Crippen LogP contribution in [0.3, 0.4) is 0 Å². The average molecular weight is 415 g/mol. The van der Waals surface area contributed by atoms with Gasteiger partial charge in [-0.1, -0.05) is 49.6 Å². The number of phenols is 2. The summed E-state index contributed by atoms with van der Waals surface area (Å²) in [6.45, 7) is 4.11. The van der Waals surface area contributed by atoms with Crippen molar-refractivity contribution in [1.29, 1.82) is 0 Å². The lowest BCUT2D eigenvalue weighted by molar-refractivity contribution is 0.416. The fourth-order valence-corrected chi connectivity index (χ4v) is 5.80. The monoisotopic (exact) mass is 414 g/mol. The number of sulfone groups is 1. The van der Waals surface area contributed by atoms with Crippen molar-refractivity contribution in [3.63, 3.8) is 0 Å². The Balaban J connectivity index is 2.20. The van der Waals surface area contributed by atoms with Gasteiger partial charge in [0, 0.05) is 11.5 Å². The minimum atomic E-state index is -3.91. The molecule has 1 unspecified atom stereocenters. The zero-order valence-corrected chi connectivity index (χ0v) is 18.0. The van der Waals surface area contributed by atoms with Gasteiger partial charge in [-0.05, 0) is 62.8 Å². The first-order valence-electron chi connectivity index (χ1n) is 10.4. The second-order valence-corrected chi connectivity index (χ2v) is 9.82. The van der Waals surface area contributed by atoms with E-state index in [2.05, 4.69) is 6.92 Å². The van der Waals surface area contributed by atoms with E-state index in [9.17, 15) is 18.6 Å². The molecule has 2 N–H and O–H groups in total. The number of aromatic hydroxyl groups is 2. The van der Waals surface area contributed by atoms with E-state index in [1.807, 2.05) is 13.0 Å². The summed E-state index contributed by atoms with van der Waals surface area (Å²) >= 11 is 0. The maximum Gasteiger partial charge on any atom is 0.210 e. The number of hydrogen-bond donors (Lipinski definition) is 2. The number of hydrogen-bond acceptors (Lipinski definition) is 4. The number of phenolic OH excluding ortho intramolecular Hbond substituents is 2. The lowest BCUT2D eigenvalue weighted by Crippen LogP contribution is -2.10. The van der Waals surface area contributed by atoms with Crippen LogP contribution in [0.15, 0.2) is 57.8 Å². The fraction of sp³-hybridized carbons (Fsp3) is 0.417. The maximum atomic E-state index is 13.5. The van der Waals surface area contributed by atoms with Gasteiger partial charge >= 0.3 is 0 Å². The molecule has 0 fully saturated rings. The molecule has 0 saturated heterocycles. The summed E-state index contributed by atoms with van der Waals surface area (Å²) in [6, 6.07) is 9.76. The van der Waals surface area contributed by atoms with E-state index in [0.717, 1.165) is 38.5 Å². The molecule has 2 aromatic carbocycles. The minimum Gasteiger partial charge on any atom is -0.507 e. The van der Waals surface area contributed by atoms with Crippen molar-refractivity contribution in [2.75, 3.05) is 0 Å². The molecule has 1 aliphatic rings. The molecule has 0 saturated carbocycles. The highest BCUT2D eigenvalue weighted by molar-refractivity contribution is 7.91. The molecule has 0 heterocycles. The third-order valence-corrected chi connectivity index (χ3v) is 7.55. The van der Waals surface area contributed by atoms with Crippen LogP contribution in [0.25, 0.3) is 0 Å². The largest absolute Gasteiger partial charge is 0.507 e. The minimum absolute atomic E-state index is 0.0167. The fourth-order valence-electron chi connectivity index (χ4n) is 4.18. The van der Waals surface area contributed by atoms with Gasteiger partial charge in [-0.25, -0.2) is 8.42 Å². The second kappa shape index (κ2) is 9.04. The van der Waals surface area contributed by atoms with Crippen molar-refractivity contribution >= 4 is 9.84 Å². The summed E-state index contributed by atoms with van der Waals surface area (Å²) in [7, 11) is -3.91. The summed E-state index contributed by atoms with van der Waals surface area (Å²) in [5, 5.41) is 21.9. The summed E-state index contributed by atoms with van der Waals surface area (Å²) in [5.41, 5.74) is 2.01. The van der Waals surface area contributed by atoms with Crippen LogP contribution in [0.2, 0.25) is 0 Å². The Morgan fingerprint density at radius 2 is 1.83 bits per heavy atom. The molecule has 0 spiro atoms. The Bertz CT molecular complexity index is 991. The Morgan fingerprint density at radius 1 is 1.10 bits per heavy atom. The number of benzene rings is 2. The summed E-state index contributed by atoms with van der Waals surface area (Å²) in [4.78, 5) is 0.100. The molecule has 2 aromatic rings. The molecular weight excluding hydrogens is 384 g/mol. The Hall–Kier alpha value is -2.27. The van der Waals surface area contributed by atoms with Crippen molar-refractivity contribution in [3.05, 3.63) is 59.2 Å². The topological polar surface area (TPSA) is 74.6 Å². The number of aryl methyl sites for hydroxylation is 1. The lowest BCUT2D eigenvalue weighted by Gasteiger charge is -2.24. The quantitative estimate of drug-likeness (QED) is 0.438. The van der Waals surface area contributed by atoms with Crippen molar-refractivity contribution in [1.82, 2.24) is 0 Å². The van der Waals surface area contributed by atoms with Gasteiger partial charge in [0.25, 0.3) is 0 Å². The van der Waals surface area contributed by atoms with Crippen LogP contribution in [-0.4, -0.2) is 18.6 Å². The second-order valence-electron chi connectivity index (χ2n) is 7.93. The number of rotatable bonds is 7. The Morgan fingerprint density at radius 3 is 2.48 bits per heavy atom. The van der Waals surface area contributed by atoms with Gasteiger partial charge < -0.3 is 10.2 Å². The predicted molar refractivity (Wildman–Crippen MR) is 115 cm³/mol. The maximum absolute atomic E-state index is 13.5. The molecule has 156 valence electrons. The molecule has 0 bridgehead atoms. The van der Waals surface area contributed by atoms with Gasteiger partial charge in [0.1, 0.15) is 16.4 Å². The standard InChI is InChI=1S/C24H30O4S/c1-3-4-6-11-19-16-21(25)22(18-12-9-10-17(2)15-18)23(26)24(19)29(27,28)20-13-7-5-8-14-20/h5,7-8,13-16,18,25-26H,3-4,6,9-12H2,1-2H3. The van der Waals surface area contributed by atoms with Crippen molar-refractivity contribution in [3.8, 4) is 11.5 Å². The molecule has 0 amide bonds. The molecule has 1 atom stereocenters. The van der Waals surface area contributed by atoms with E-state index < -0.39 is 9.84 Å². The zero-order chi connectivity index (χ0) is 21.0. The third kappa shape index (κ3) is 4.50. The van der Waals surface area contributed by atoms with Crippen LogP contribution in [0.5, 0.6) is 11.5 Å². The molecule has 29 heavy (non-hydrogen) atoms. The van der Waals surface area contributed by atoms with Gasteiger partial charge in [-0.3, -0.25) is 0 Å². The van der Waals surface area contributed by atoms with Gasteiger partial charge in [-0.2, -0.15) is 0 Å². The molecule has 0 radical (unpaired) electrons. The highest BCUT2D eigenvalue weighted by atomic mass is 32.2. The van der Waals surface area contributed by atoms with Gasteiger partial charge in [-0.15, -0.1) is 0 Å². The smallest absolute Gasteiger partial charge is 0.210 e. The van der Waals surface area contributed by atoms with E-state index >= 15 is 0 Å². The first kappa shape index (κ1) is 21.4. The van der Waals surface area contributed by atoms with Gasteiger partial charge in [0.15, 0.2) is 0 Å². The van der Waals surface area contributed by atoms with Crippen LogP contribution in [0, 0.1) is 0 Å². The summed E-state index contributed by atoms with van der Waals surface area (Å²) in [5.74, 6) is -0.494. The first-order valence-corrected chi connectivity index (χ1v) is 11.9. The molecule has 0 aromatic heterocycles. The zero-order valence-electron chi connectivity index (χ0n) is 17.2. The van der Waals surface area contributed by atoms with Crippen molar-refractivity contribution < 1.29 is 18.6 Å². The molecule has 0 aliphatic heterocycles. The van der Waals surface area contributed by atoms with E-state index in [-0.39, 0.29) is 27.2 Å². The number of unbranched alkanes of at least 4 members (excludes halogenated alkanes) is 2. The molecule has 1 aliphatic carbocycles. The van der Waals surface area contributed by atoms with Crippen LogP contribution in [-0.2, 0) is 16.3 Å². The third-order valence-electron chi connectivity index (χ3n) is 5.66. The van der Waals surface area contributed by atoms with Gasteiger partial charge in [0.2, 0.25) is 9.84 Å². The van der Waals surface area contributed by atoms with Crippen molar-refractivity contribution in [2.24, 2.45) is 0 Å². The van der Waals surface area contributed by atoms with E-state index in [1.54, 1.807) is 36.4 Å². The lowest BCUT2D eigenvalue weighted by atomic mass is 9.84. The molecular formula is C24H30O4S. The molecule has 3 rings (SSSR count). The van der Waals surface area contributed by atoms with Gasteiger partial charge in [0.05, 0.1) is 4.90 Å². The van der Waals surface area contributed by atoms with Crippen LogP contribution in [0.4, 0.5) is 0 Å². The van der Waals surface area contributed by atoms with E-state index in [0.29, 0.717) is 17.5 Å². The first-order chi connectivity index (χ1) is 13.9. The van der Waals surface area contributed by atoms with Crippen LogP contribution < -0.4 is 0 Å². The predicted octanol–water partition coefficient (Wildman–Crippen LogP) is 5.88.